The molecular formula is C29H36N4O5+2. The number of carbonyl (C=O) groups is 2. The maximum absolute atomic E-state index is 13.2. The second-order valence-corrected chi connectivity index (χ2v) is 10.0. The van der Waals surface area contributed by atoms with E-state index in [-0.39, 0.29) is 0 Å². The molecule has 9 nitrogen and oxygen atoms in total. The van der Waals surface area contributed by atoms with Crippen LogP contribution < -0.4 is 29.3 Å². The van der Waals surface area contributed by atoms with Crippen LogP contribution in [0.4, 0.5) is 0 Å². The molecule has 2 amide bonds. The minimum atomic E-state index is -0.447. The van der Waals surface area contributed by atoms with E-state index in [9.17, 15) is 9.59 Å². The third-order valence-corrected chi connectivity index (χ3v) is 7.68. The van der Waals surface area contributed by atoms with Gasteiger partial charge < -0.3 is 28.6 Å². The van der Waals surface area contributed by atoms with Crippen LogP contribution in [0.5, 0.6) is 17.2 Å². The van der Waals surface area contributed by atoms with Crippen molar-refractivity contribution >= 4 is 33.9 Å². The minimum Gasteiger partial charge on any atom is -0.493 e. The van der Waals surface area contributed by atoms with Crippen molar-refractivity contribution in [3.05, 3.63) is 53.7 Å². The molecule has 2 aromatic carbocycles. The van der Waals surface area contributed by atoms with Gasteiger partial charge in [0.2, 0.25) is 5.75 Å². The second kappa shape index (κ2) is 10.9. The van der Waals surface area contributed by atoms with Crippen molar-refractivity contribution in [3.8, 4) is 17.2 Å². The SMILES string of the molecule is COc1cc(C2=C(c3cn(CCC[NH+]4CC[NH+](C)CC4)c4ccccc34)C(=O)NC2=O)cc(OC)c1OC. The molecule has 0 saturated carbocycles. The summed E-state index contributed by atoms with van der Waals surface area (Å²) >= 11 is 0. The monoisotopic (exact) mass is 520 g/mol. The van der Waals surface area contributed by atoms with Crippen LogP contribution in [0.25, 0.3) is 22.0 Å². The number of hydrogen-bond acceptors (Lipinski definition) is 5. The van der Waals surface area contributed by atoms with Gasteiger partial charge in [0.15, 0.2) is 11.5 Å². The number of imide groups is 1. The van der Waals surface area contributed by atoms with Crippen molar-refractivity contribution in [2.75, 3.05) is 61.1 Å². The Hall–Kier alpha value is -3.82. The Balaban J connectivity index is 1.54. The molecule has 0 unspecified atom stereocenters. The first-order valence-corrected chi connectivity index (χ1v) is 13.1. The number of quaternary nitrogens is 2. The van der Waals surface area contributed by atoms with Crippen LogP contribution in [0.15, 0.2) is 42.6 Å². The van der Waals surface area contributed by atoms with Gasteiger partial charge in [0.05, 0.1) is 46.1 Å². The molecule has 0 aliphatic carbocycles. The van der Waals surface area contributed by atoms with E-state index in [1.165, 1.54) is 47.5 Å². The molecule has 0 radical (unpaired) electrons. The number of nitrogens with zero attached hydrogens (tertiary/aromatic N) is 1. The van der Waals surface area contributed by atoms with Crippen LogP contribution >= 0.6 is 0 Å². The average Bonchev–Trinajstić information content (AvgIpc) is 3.44. The lowest BCUT2D eigenvalue weighted by Crippen LogP contribution is -3.27. The Morgan fingerprint density at radius 1 is 0.895 bits per heavy atom. The van der Waals surface area contributed by atoms with Gasteiger partial charge in [0.1, 0.15) is 26.2 Å². The summed E-state index contributed by atoms with van der Waals surface area (Å²) in [6.07, 6.45) is 3.05. The topological polar surface area (TPSA) is 87.7 Å². The summed E-state index contributed by atoms with van der Waals surface area (Å²) in [7, 11) is 6.83. The summed E-state index contributed by atoms with van der Waals surface area (Å²) in [5.41, 5.74) is 2.95. The Morgan fingerprint density at radius 3 is 2.21 bits per heavy atom. The number of aryl methyl sites for hydroxylation is 1. The predicted octanol–water partition coefficient (Wildman–Crippen LogP) is 0.0376. The van der Waals surface area contributed by atoms with Crippen LogP contribution in [0.2, 0.25) is 0 Å². The number of methoxy groups -OCH3 is 3. The van der Waals surface area contributed by atoms with Crippen molar-refractivity contribution in [1.29, 1.82) is 0 Å². The zero-order valence-corrected chi connectivity index (χ0v) is 22.5. The summed E-state index contributed by atoms with van der Waals surface area (Å²) < 4.78 is 18.7. The molecule has 2 aliphatic rings. The molecule has 2 aliphatic heterocycles. The first-order valence-electron chi connectivity index (χ1n) is 13.1. The Bertz CT molecular complexity index is 1380. The van der Waals surface area contributed by atoms with Gasteiger partial charge in [0.25, 0.3) is 11.8 Å². The number of aromatic nitrogens is 1. The van der Waals surface area contributed by atoms with Gasteiger partial charge in [-0.2, -0.15) is 0 Å². The Kier molecular flexibility index (Phi) is 7.40. The summed E-state index contributed by atoms with van der Waals surface area (Å²) in [5, 5.41) is 3.44. The third-order valence-electron chi connectivity index (χ3n) is 7.68. The summed E-state index contributed by atoms with van der Waals surface area (Å²) in [4.78, 5) is 29.6. The minimum absolute atomic E-state index is 0.293. The molecule has 1 aromatic heterocycles. The number of para-hydroxylation sites is 1. The lowest BCUT2D eigenvalue weighted by molar-refractivity contribution is -1.00. The molecule has 0 spiro atoms. The van der Waals surface area contributed by atoms with Crippen LogP contribution in [0, 0.1) is 0 Å². The van der Waals surface area contributed by atoms with Crippen molar-refractivity contribution in [2.24, 2.45) is 0 Å². The fourth-order valence-electron chi connectivity index (χ4n) is 5.62. The molecular weight excluding hydrogens is 484 g/mol. The standard InChI is InChI=1S/C29H34N4O5/c1-31-12-14-32(15-13-31)10-7-11-33-18-21(20-8-5-6-9-22(20)33)26-25(28(34)30-29(26)35)19-16-23(36-2)27(38-4)24(17-19)37-3/h5-6,8-9,16-18H,7,10-15H2,1-4H3,(H,30,34,35)/p+2. The normalized spacial score (nSPS) is 19.7. The van der Waals surface area contributed by atoms with Crippen molar-refractivity contribution in [3.63, 3.8) is 0 Å². The highest BCUT2D eigenvalue weighted by atomic mass is 16.5. The van der Waals surface area contributed by atoms with Gasteiger partial charge in [0, 0.05) is 35.6 Å². The summed E-state index contributed by atoms with van der Waals surface area (Å²) in [6, 6.07) is 11.4. The first-order chi connectivity index (χ1) is 18.4. The van der Waals surface area contributed by atoms with Crippen LogP contribution in [0.1, 0.15) is 17.5 Å². The van der Waals surface area contributed by atoms with E-state index in [2.05, 4.69) is 23.0 Å². The Labute approximate surface area is 222 Å². The van der Waals surface area contributed by atoms with Gasteiger partial charge in [-0.05, 0) is 23.8 Å². The third kappa shape index (κ3) is 4.75. The number of fused-ring (bicyclic) bond motifs is 1. The van der Waals surface area contributed by atoms with E-state index in [4.69, 9.17) is 14.2 Å². The molecule has 3 N–H and O–H groups in total. The number of ether oxygens (including phenoxy) is 3. The largest absolute Gasteiger partial charge is 0.493 e. The number of amides is 2. The van der Waals surface area contributed by atoms with E-state index >= 15 is 0 Å². The molecule has 200 valence electrons. The van der Waals surface area contributed by atoms with Gasteiger partial charge in [-0.3, -0.25) is 14.9 Å². The van der Waals surface area contributed by atoms with Crippen molar-refractivity contribution < 1.29 is 33.6 Å². The smallest absolute Gasteiger partial charge is 0.259 e. The predicted molar refractivity (Wildman–Crippen MR) is 145 cm³/mol. The lowest BCUT2D eigenvalue weighted by Gasteiger charge is -2.27. The highest BCUT2D eigenvalue weighted by molar-refractivity contribution is 6.50. The molecule has 0 atom stereocenters. The Morgan fingerprint density at radius 2 is 1.55 bits per heavy atom. The van der Waals surface area contributed by atoms with Gasteiger partial charge in [-0.15, -0.1) is 0 Å². The van der Waals surface area contributed by atoms with Crippen molar-refractivity contribution in [1.82, 2.24) is 9.88 Å². The number of carbonyl (C=O) groups excluding carboxylic acids is 2. The molecule has 0 bridgehead atoms. The number of hydrogen-bond donors (Lipinski definition) is 3. The van der Waals surface area contributed by atoms with Crippen molar-refractivity contribution in [2.45, 2.75) is 13.0 Å². The van der Waals surface area contributed by atoms with Gasteiger partial charge in [-0.25, -0.2) is 0 Å². The number of likely N-dealkylation sites (N-methyl/N-ethyl adjacent to an activating group) is 1. The van der Waals surface area contributed by atoms with E-state index in [0.29, 0.717) is 34.0 Å². The van der Waals surface area contributed by atoms with Gasteiger partial charge in [-0.1, -0.05) is 18.2 Å². The van der Waals surface area contributed by atoms with Gasteiger partial charge >= 0.3 is 0 Å². The fraction of sp³-hybridized carbons (Fsp3) is 0.379. The van der Waals surface area contributed by atoms with E-state index < -0.39 is 11.8 Å². The summed E-state index contributed by atoms with van der Waals surface area (Å²) in [6.45, 7) is 6.80. The zero-order chi connectivity index (χ0) is 26.8. The van der Waals surface area contributed by atoms with Crippen LogP contribution in [-0.4, -0.2) is 77.5 Å². The molecule has 3 aromatic rings. The molecule has 1 fully saturated rings. The maximum Gasteiger partial charge on any atom is 0.259 e. The number of nitrogens with one attached hydrogen (secondary N) is 3. The molecule has 3 heterocycles. The molecule has 5 rings (SSSR count). The molecule has 9 heteroatoms. The maximum atomic E-state index is 13.2. The molecule has 1 saturated heterocycles. The van der Waals surface area contributed by atoms with Crippen LogP contribution in [-0.2, 0) is 16.1 Å². The summed E-state index contributed by atoms with van der Waals surface area (Å²) in [5.74, 6) is 0.390. The number of piperazine rings is 1. The van der Waals surface area contributed by atoms with E-state index in [1.807, 2.05) is 24.4 Å². The highest BCUT2D eigenvalue weighted by Gasteiger charge is 2.35. The molecule has 38 heavy (non-hydrogen) atoms. The van der Waals surface area contributed by atoms with E-state index in [0.717, 1.165) is 36.0 Å². The second-order valence-electron chi connectivity index (χ2n) is 10.0. The quantitative estimate of drug-likeness (QED) is 0.347. The fourth-order valence-corrected chi connectivity index (χ4v) is 5.62. The number of rotatable bonds is 9. The zero-order valence-electron chi connectivity index (χ0n) is 22.5. The number of benzene rings is 2. The van der Waals surface area contributed by atoms with E-state index in [1.54, 1.807) is 21.9 Å². The first kappa shape index (κ1) is 25.8. The highest BCUT2D eigenvalue weighted by Crippen LogP contribution is 2.43. The van der Waals surface area contributed by atoms with Crippen LogP contribution in [0.3, 0.4) is 0 Å². The lowest BCUT2D eigenvalue weighted by atomic mass is 9.95. The average molecular weight is 521 g/mol.